The molecular formula is C10H17Al. The van der Waals surface area contributed by atoms with Crippen LogP contribution in [-0.4, -0.2) is 16.3 Å². The Balaban J connectivity index is 0.00000121. The van der Waals surface area contributed by atoms with Crippen LogP contribution in [-0.2, 0) is 4.28 Å². The number of benzene rings is 1. The molecule has 1 rings (SSSR count). The van der Waals surface area contributed by atoms with E-state index in [-0.39, 0.29) is 1.43 Å². The number of hydrogen-bond donors (Lipinski definition) is 0. The maximum Gasteiger partial charge on any atom is 0.227 e. The molecule has 1 aromatic rings. The lowest BCUT2D eigenvalue weighted by Crippen LogP contribution is -2.16. The van der Waals surface area contributed by atoms with Gasteiger partial charge < -0.3 is 0 Å². The molecule has 0 aliphatic carbocycles. The second kappa shape index (κ2) is 3.01. The molecule has 0 radical (unpaired) electrons. The second-order valence-corrected chi connectivity index (χ2v) is 6.62. The van der Waals surface area contributed by atoms with Gasteiger partial charge in [-0.15, -0.1) is 0 Å². The van der Waals surface area contributed by atoms with Gasteiger partial charge in [-0.05, 0) is 6.92 Å². The summed E-state index contributed by atoms with van der Waals surface area (Å²) in [7, 11) is 0. The zero-order valence-corrected chi connectivity index (χ0v) is 9.81. The highest BCUT2D eigenvalue weighted by Gasteiger charge is 2.12. The molecule has 0 aromatic heterocycles. The van der Waals surface area contributed by atoms with Gasteiger partial charge in [-0.25, -0.2) is 0 Å². The van der Waals surface area contributed by atoms with Crippen LogP contribution >= 0.6 is 0 Å². The Morgan fingerprint density at radius 2 is 1.64 bits per heavy atom. The molecule has 0 aliphatic heterocycles. The van der Waals surface area contributed by atoms with Gasteiger partial charge in [0.25, 0.3) is 0 Å². The molecule has 0 atom stereocenters. The van der Waals surface area contributed by atoms with Gasteiger partial charge >= 0.3 is 0 Å². The van der Waals surface area contributed by atoms with E-state index in [1.165, 1.54) is 27.4 Å². The molecule has 0 fully saturated rings. The van der Waals surface area contributed by atoms with Crippen molar-refractivity contribution in [2.45, 2.75) is 25.0 Å². The summed E-state index contributed by atoms with van der Waals surface area (Å²) in [4.78, 5) is 0. The third kappa shape index (κ3) is 2.36. The molecule has 0 nitrogen and oxygen atoms in total. The summed E-state index contributed by atoms with van der Waals surface area (Å²) in [6.45, 7) is 6.72. The van der Waals surface area contributed by atoms with E-state index < -0.39 is 0 Å². The van der Waals surface area contributed by atoms with Crippen molar-refractivity contribution in [3.8, 4) is 0 Å². The first-order valence-electron chi connectivity index (χ1n) is 4.07. The van der Waals surface area contributed by atoms with Crippen molar-refractivity contribution < 1.29 is 1.43 Å². The van der Waals surface area contributed by atoms with Crippen molar-refractivity contribution >= 4 is 16.3 Å². The van der Waals surface area contributed by atoms with Gasteiger partial charge in [0.2, 0.25) is 16.3 Å². The molecule has 0 amide bonds. The average molecular weight is 164 g/mol. The summed E-state index contributed by atoms with van der Waals surface area (Å²) < 4.78 is 0.424. The predicted molar refractivity (Wildman–Crippen MR) is 54.9 cm³/mol. The Kier molecular flexibility index (Phi) is 2.42. The van der Waals surface area contributed by atoms with Gasteiger partial charge in [0.15, 0.2) is 0 Å². The third-order valence-corrected chi connectivity index (χ3v) is 2.49. The highest BCUT2D eigenvalue weighted by molar-refractivity contribution is 6.15. The maximum atomic E-state index is 2.30. The van der Waals surface area contributed by atoms with E-state index in [0.717, 1.165) is 0 Å². The molecule has 0 spiro atoms. The van der Waals surface area contributed by atoms with Crippen LogP contribution in [0.1, 0.15) is 26.4 Å². The predicted octanol–water partition coefficient (Wildman–Crippen LogP) is 2.11. The Morgan fingerprint density at radius 1 is 1.18 bits per heavy atom. The van der Waals surface area contributed by atoms with Crippen LogP contribution in [0.2, 0.25) is 0 Å². The lowest BCUT2D eigenvalue weighted by atomic mass is 10.0. The quantitative estimate of drug-likeness (QED) is 0.558. The highest BCUT2D eigenvalue weighted by atomic mass is 27.0. The van der Waals surface area contributed by atoms with Crippen molar-refractivity contribution in [1.82, 2.24) is 0 Å². The van der Waals surface area contributed by atoms with Gasteiger partial charge in [-0.2, -0.15) is 0 Å². The monoisotopic (exact) mass is 164 g/mol. The van der Waals surface area contributed by atoms with Crippen LogP contribution in [0.3, 0.4) is 0 Å². The van der Waals surface area contributed by atoms with Crippen LogP contribution in [0.5, 0.6) is 0 Å². The van der Waals surface area contributed by atoms with E-state index in [1.54, 1.807) is 0 Å². The zero-order valence-electron chi connectivity index (χ0n) is 7.81. The zero-order chi connectivity index (χ0) is 8.48. The molecule has 1 aromatic carbocycles. The lowest BCUT2D eigenvalue weighted by molar-refractivity contribution is 0.764. The minimum atomic E-state index is 0. The number of rotatable bonds is 1. The summed E-state index contributed by atoms with van der Waals surface area (Å²) in [6.07, 6.45) is 0. The molecule has 0 saturated carbocycles. The first-order valence-corrected chi connectivity index (χ1v) is 5.07. The van der Waals surface area contributed by atoms with Crippen molar-refractivity contribution in [3.05, 3.63) is 35.4 Å². The molecule has 0 unspecified atom stereocenters. The SMILES string of the molecule is Cc1ccc([C](C)(C)[AlH2])cc1.[HH]. The topological polar surface area (TPSA) is 0 Å². The Hall–Kier alpha value is -0.248. The van der Waals surface area contributed by atoms with Crippen molar-refractivity contribution in [3.63, 3.8) is 0 Å². The maximum absolute atomic E-state index is 2.30. The largest absolute Gasteiger partial charge is 0.227 e. The summed E-state index contributed by atoms with van der Waals surface area (Å²) in [5.74, 6) is 0. The molecule has 11 heavy (non-hydrogen) atoms. The van der Waals surface area contributed by atoms with E-state index in [0.29, 0.717) is 4.28 Å². The van der Waals surface area contributed by atoms with Gasteiger partial charge in [0.05, 0.1) is 0 Å². The summed E-state index contributed by atoms with van der Waals surface area (Å²) in [6, 6.07) is 8.86. The molecule has 0 saturated heterocycles. The molecule has 0 aliphatic rings. The molecule has 60 valence electrons. The molecule has 0 heterocycles. The van der Waals surface area contributed by atoms with E-state index in [4.69, 9.17) is 0 Å². The van der Waals surface area contributed by atoms with Gasteiger partial charge in [-0.1, -0.05) is 53.5 Å². The molecule has 0 N–H and O–H groups in total. The molecular weight excluding hydrogens is 147 g/mol. The van der Waals surface area contributed by atoms with Crippen molar-refractivity contribution in [2.24, 2.45) is 0 Å². The van der Waals surface area contributed by atoms with E-state index in [2.05, 4.69) is 45.0 Å². The van der Waals surface area contributed by atoms with Gasteiger partial charge in [0.1, 0.15) is 0 Å². The van der Waals surface area contributed by atoms with E-state index in [1.807, 2.05) is 0 Å². The van der Waals surface area contributed by atoms with Gasteiger partial charge in [-0.3, -0.25) is 0 Å². The summed E-state index contributed by atoms with van der Waals surface area (Å²) in [5.41, 5.74) is 2.81. The average Bonchev–Trinajstić information content (AvgIpc) is 1.86. The second-order valence-electron chi connectivity index (χ2n) is 4.12. The van der Waals surface area contributed by atoms with Gasteiger partial charge in [0, 0.05) is 1.43 Å². The minimum Gasteiger partial charge on any atom is -0.0688 e. The number of hydrogen-bond acceptors (Lipinski definition) is 0. The lowest BCUT2D eigenvalue weighted by Gasteiger charge is -2.18. The molecule has 1 heteroatoms. The van der Waals surface area contributed by atoms with E-state index >= 15 is 0 Å². The Morgan fingerprint density at radius 3 is 2.00 bits per heavy atom. The number of aryl methyl sites for hydroxylation is 1. The summed E-state index contributed by atoms with van der Waals surface area (Å²) >= 11 is 1.21. The van der Waals surface area contributed by atoms with Crippen LogP contribution in [0.4, 0.5) is 0 Å². The fraction of sp³-hybridized carbons (Fsp3) is 0.400. The smallest absolute Gasteiger partial charge is 0.0688 e. The normalized spacial score (nSPS) is 11.5. The van der Waals surface area contributed by atoms with Crippen molar-refractivity contribution in [2.75, 3.05) is 0 Å². The standard InChI is InChI=1S/C10H13.Al.H2.2H/c1-8(2)10-6-4-9(3)5-7-10;;;;/h4-7H,1-3H3;;1H;;. The fourth-order valence-electron chi connectivity index (χ4n) is 1.05. The van der Waals surface area contributed by atoms with Crippen LogP contribution < -0.4 is 0 Å². The fourth-order valence-corrected chi connectivity index (χ4v) is 1.39. The van der Waals surface area contributed by atoms with Crippen LogP contribution in [0, 0.1) is 6.92 Å². The first kappa shape index (κ1) is 8.85. The van der Waals surface area contributed by atoms with Crippen LogP contribution in [0.25, 0.3) is 0 Å². The van der Waals surface area contributed by atoms with Crippen molar-refractivity contribution in [1.29, 1.82) is 0 Å². The first-order chi connectivity index (χ1) is 5.00. The van der Waals surface area contributed by atoms with Crippen LogP contribution in [0.15, 0.2) is 24.3 Å². The third-order valence-electron chi connectivity index (χ3n) is 1.92. The van der Waals surface area contributed by atoms with E-state index in [9.17, 15) is 0 Å². The molecule has 0 bridgehead atoms. The Labute approximate surface area is 78.5 Å². The summed E-state index contributed by atoms with van der Waals surface area (Å²) in [5, 5.41) is 0. The minimum absolute atomic E-state index is 0. The highest BCUT2D eigenvalue weighted by Crippen LogP contribution is 2.18. The Bertz CT molecular complexity index is 233.